The molecule has 2 aromatic heterocycles. The standard InChI is InChI=1S/C30H36N4O6S/c1-5-30(16-17-30)22-14-12-21(13-15-22)19-24(33-41(38,39)26-11-6-7-18-31-26)23-9-8-10-25(32-23)34(20-27(35)36)28(37)40-29(2,3)4/h6-15,18,24,33H,5,16-17,19-20H2,1-4H3,(H,35,36). The summed E-state index contributed by atoms with van der Waals surface area (Å²) in [6.45, 7) is 6.52. The number of nitrogens with zero attached hydrogens (tertiary/aromatic N) is 3. The molecule has 0 radical (unpaired) electrons. The number of hydrogen-bond donors (Lipinski definition) is 2. The number of sulfonamides is 1. The lowest BCUT2D eigenvalue weighted by atomic mass is 9.91. The van der Waals surface area contributed by atoms with E-state index in [1.54, 1.807) is 45.0 Å². The second-order valence-electron chi connectivity index (χ2n) is 11.3. The molecule has 1 aliphatic carbocycles. The van der Waals surface area contributed by atoms with Crippen LogP contribution in [0.5, 0.6) is 0 Å². The lowest BCUT2D eigenvalue weighted by molar-refractivity contribution is -0.135. The maximum absolute atomic E-state index is 13.3. The number of nitrogens with one attached hydrogen (secondary N) is 1. The van der Waals surface area contributed by atoms with E-state index in [9.17, 15) is 23.1 Å². The predicted octanol–water partition coefficient (Wildman–Crippen LogP) is 5.01. The third kappa shape index (κ3) is 7.68. The Hall–Kier alpha value is -3.83. The average molecular weight is 581 g/mol. The first kappa shape index (κ1) is 30.1. The first-order chi connectivity index (χ1) is 19.3. The van der Waals surface area contributed by atoms with Crippen LogP contribution in [0.15, 0.2) is 71.9 Å². The molecule has 1 fully saturated rings. The molecule has 10 nitrogen and oxygen atoms in total. The summed E-state index contributed by atoms with van der Waals surface area (Å²) in [7, 11) is -4.05. The molecule has 0 spiro atoms. The van der Waals surface area contributed by atoms with E-state index in [-0.39, 0.29) is 22.7 Å². The number of carboxylic acid groups (broad SMARTS) is 1. The zero-order valence-electron chi connectivity index (χ0n) is 23.7. The van der Waals surface area contributed by atoms with Gasteiger partial charge in [0.25, 0.3) is 10.0 Å². The lowest BCUT2D eigenvalue weighted by Crippen LogP contribution is -2.40. The number of aliphatic carboxylic acids is 1. The largest absolute Gasteiger partial charge is 0.480 e. The molecule has 1 saturated carbocycles. The van der Waals surface area contributed by atoms with Crippen LogP contribution in [0.3, 0.4) is 0 Å². The number of hydrogen-bond acceptors (Lipinski definition) is 7. The molecule has 1 atom stereocenters. The highest BCUT2D eigenvalue weighted by Crippen LogP contribution is 2.50. The van der Waals surface area contributed by atoms with Crippen molar-refractivity contribution in [2.24, 2.45) is 0 Å². The van der Waals surface area contributed by atoms with Crippen LogP contribution in [0, 0.1) is 0 Å². The van der Waals surface area contributed by atoms with Crippen LogP contribution in [0.4, 0.5) is 10.6 Å². The van der Waals surface area contributed by atoms with Crippen LogP contribution in [0.2, 0.25) is 0 Å². The first-order valence-corrected chi connectivity index (χ1v) is 15.0. The van der Waals surface area contributed by atoms with Crippen molar-refractivity contribution in [3.05, 3.63) is 83.7 Å². The van der Waals surface area contributed by atoms with E-state index < -0.39 is 40.3 Å². The number of anilines is 1. The molecule has 1 unspecified atom stereocenters. The average Bonchev–Trinajstić information content (AvgIpc) is 3.72. The van der Waals surface area contributed by atoms with Crippen molar-refractivity contribution in [3.8, 4) is 0 Å². The van der Waals surface area contributed by atoms with Gasteiger partial charge in [-0.15, -0.1) is 0 Å². The molecule has 1 aliphatic rings. The number of pyridine rings is 2. The van der Waals surface area contributed by atoms with Gasteiger partial charge < -0.3 is 9.84 Å². The highest BCUT2D eigenvalue weighted by Gasteiger charge is 2.42. The predicted molar refractivity (Wildman–Crippen MR) is 154 cm³/mol. The van der Waals surface area contributed by atoms with Gasteiger partial charge in [-0.05, 0) is 87.3 Å². The van der Waals surface area contributed by atoms with Crippen molar-refractivity contribution >= 4 is 27.9 Å². The summed E-state index contributed by atoms with van der Waals surface area (Å²) < 4.78 is 34.7. The van der Waals surface area contributed by atoms with E-state index in [1.165, 1.54) is 23.9 Å². The molecular formula is C30H36N4O6S. The number of rotatable bonds is 11. The van der Waals surface area contributed by atoms with Crippen molar-refractivity contribution in [1.29, 1.82) is 0 Å². The Labute approximate surface area is 240 Å². The Balaban J connectivity index is 1.69. The number of carboxylic acids is 1. The molecule has 1 amide bonds. The number of carbonyl (C=O) groups excluding carboxylic acids is 1. The molecule has 2 heterocycles. The Morgan fingerprint density at radius 2 is 1.78 bits per heavy atom. The van der Waals surface area contributed by atoms with Crippen LogP contribution >= 0.6 is 0 Å². The fourth-order valence-corrected chi connectivity index (χ4v) is 5.82. The molecular weight excluding hydrogens is 544 g/mol. The molecule has 2 N–H and O–H groups in total. The van der Waals surface area contributed by atoms with Crippen LogP contribution in [-0.2, 0) is 31.4 Å². The summed E-state index contributed by atoms with van der Waals surface area (Å²) in [5, 5.41) is 9.33. The molecule has 11 heteroatoms. The molecule has 218 valence electrons. The number of carbonyl (C=O) groups is 2. The summed E-state index contributed by atoms with van der Waals surface area (Å²) in [6, 6.07) is 16.6. The molecule has 0 aliphatic heterocycles. The fraction of sp³-hybridized carbons (Fsp3) is 0.400. The van der Waals surface area contributed by atoms with Crippen LogP contribution in [-0.4, -0.2) is 47.7 Å². The van der Waals surface area contributed by atoms with Gasteiger partial charge in [0.15, 0.2) is 5.03 Å². The minimum atomic E-state index is -4.05. The minimum Gasteiger partial charge on any atom is -0.480 e. The minimum absolute atomic E-state index is 0.0233. The van der Waals surface area contributed by atoms with Gasteiger partial charge in [-0.2, -0.15) is 0 Å². The van der Waals surface area contributed by atoms with Crippen LogP contribution in [0.1, 0.15) is 69.8 Å². The summed E-state index contributed by atoms with van der Waals surface area (Å²) in [5.41, 5.74) is 1.84. The van der Waals surface area contributed by atoms with Crippen molar-refractivity contribution in [2.75, 3.05) is 11.4 Å². The van der Waals surface area contributed by atoms with Crippen molar-refractivity contribution in [2.45, 2.75) is 75.5 Å². The van der Waals surface area contributed by atoms with Crippen LogP contribution < -0.4 is 9.62 Å². The molecule has 4 rings (SSSR count). The second-order valence-corrected chi connectivity index (χ2v) is 12.9. The summed E-state index contributed by atoms with van der Waals surface area (Å²) in [5.74, 6) is -1.23. The molecule has 1 aromatic carbocycles. The first-order valence-electron chi connectivity index (χ1n) is 13.5. The third-order valence-corrected chi connectivity index (χ3v) is 8.43. The summed E-state index contributed by atoms with van der Waals surface area (Å²) in [4.78, 5) is 34.0. The second kappa shape index (κ2) is 12.0. The third-order valence-electron chi connectivity index (χ3n) is 7.04. The monoisotopic (exact) mass is 580 g/mol. The van der Waals surface area contributed by atoms with Gasteiger partial charge in [0, 0.05) is 6.20 Å². The lowest BCUT2D eigenvalue weighted by Gasteiger charge is -2.26. The number of aromatic nitrogens is 2. The maximum Gasteiger partial charge on any atom is 0.416 e. The SMILES string of the molecule is CCC1(c2ccc(CC(NS(=O)(=O)c3ccccn3)c3cccc(N(CC(=O)O)C(=O)OC(C)(C)C)n3)cc2)CC1. The van der Waals surface area contributed by atoms with E-state index in [0.29, 0.717) is 5.69 Å². The zero-order chi connectivity index (χ0) is 29.8. The van der Waals surface area contributed by atoms with Gasteiger partial charge in [0.1, 0.15) is 18.0 Å². The van der Waals surface area contributed by atoms with Crippen molar-refractivity contribution in [1.82, 2.24) is 14.7 Å². The van der Waals surface area contributed by atoms with E-state index in [2.05, 4.69) is 33.7 Å². The van der Waals surface area contributed by atoms with E-state index in [1.807, 2.05) is 12.1 Å². The van der Waals surface area contributed by atoms with Crippen LogP contribution in [0.25, 0.3) is 0 Å². The van der Waals surface area contributed by atoms with Gasteiger partial charge >= 0.3 is 12.1 Å². The normalized spacial score (nSPS) is 15.1. The fourth-order valence-electron chi connectivity index (χ4n) is 4.66. The van der Waals surface area contributed by atoms with Crippen molar-refractivity contribution in [3.63, 3.8) is 0 Å². The van der Waals surface area contributed by atoms with Gasteiger partial charge in [-0.1, -0.05) is 43.3 Å². The summed E-state index contributed by atoms with van der Waals surface area (Å²) >= 11 is 0. The Morgan fingerprint density at radius 3 is 2.34 bits per heavy atom. The zero-order valence-corrected chi connectivity index (χ0v) is 24.5. The van der Waals surface area contributed by atoms with E-state index in [0.717, 1.165) is 29.7 Å². The van der Waals surface area contributed by atoms with Gasteiger partial charge in [-0.3, -0.25) is 9.69 Å². The Bertz CT molecular complexity index is 1480. The molecule has 41 heavy (non-hydrogen) atoms. The topological polar surface area (TPSA) is 139 Å². The quantitative estimate of drug-likeness (QED) is 0.323. The highest BCUT2D eigenvalue weighted by molar-refractivity contribution is 7.89. The molecule has 0 saturated heterocycles. The Kier molecular flexibility index (Phi) is 8.79. The Morgan fingerprint density at radius 1 is 1.07 bits per heavy atom. The van der Waals surface area contributed by atoms with E-state index >= 15 is 0 Å². The van der Waals surface area contributed by atoms with Gasteiger partial charge in [0.2, 0.25) is 0 Å². The summed E-state index contributed by atoms with van der Waals surface area (Å²) in [6.07, 6.45) is 4.17. The molecule has 3 aromatic rings. The number of ether oxygens (including phenoxy) is 1. The number of benzene rings is 1. The highest BCUT2D eigenvalue weighted by atomic mass is 32.2. The van der Waals surface area contributed by atoms with Gasteiger partial charge in [-0.25, -0.2) is 27.9 Å². The van der Waals surface area contributed by atoms with Crippen molar-refractivity contribution < 1.29 is 27.9 Å². The van der Waals surface area contributed by atoms with Gasteiger partial charge in [0.05, 0.1) is 11.7 Å². The smallest absolute Gasteiger partial charge is 0.416 e. The van der Waals surface area contributed by atoms with E-state index in [4.69, 9.17) is 4.74 Å². The maximum atomic E-state index is 13.3. The molecule has 0 bridgehead atoms. The number of amides is 1.